The van der Waals surface area contributed by atoms with Crippen molar-refractivity contribution < 1.29 is 4.79 Å². The van der Waals surface area contributed by atoms with Gasteiger partial charge in [-0.25, -0.2) is 4.98 Å². The quantitative estimate of drug-likeness (QED) is 0.556. The highest BCUT2D eigenvalue weighted by atomic mass is 32.1. The van der Waals surface area contributed by atoms with Crippen LogP contribution in [0.3, 0.4) is 0 Å². The molecule has 144 valence electrons. The van der Waals surface area contributed by atoms with E-state index in [0.29, 0.717) is 6.54 Å². The van der Waals surface area contributed by atoms with Gasteiger partial charge in [-0.15, -0.1) is 11.3 Å². The number of rotatable bonds is 5. The Kier molecular flexibility index (Phi) is 5.43. The van der Waals surface area contributed by atoms with Crippen LogP contribution in [0.25, 0.3) is 16.2 Å². The fraction of sp³-hybridized carbons (Fsp3) is 0.455. The van der Waals surface area contributed by atoms with E-state index in [0.717, 1.165) is 34.9 Å². The number of aryl methyl sites for hydroxylation is 1. The van der Waals surface area contributed by atoms with Gasteiger partial charge in [0.25, 0.3) is 0 Å². The SMILES string of the molecule is CCCCN(C(C)=O)c1c(-c2ccc(C(C)(C)C)cc2)nc2sc(C)cn12. The number of fused-ring (bicyclic) bond motifs is 1. The highest BCUT2D eigenvalue weighted by molar-refractivity contribution is 7.17. The zero-order valence-corrected chi connectivity index (χ0v) is 18.0. The van der Waals surface area contributed by atoms with E-state index in [4.69, 9.17) is 4.98 Å². The summed E-state index contributed by atoms with van der Waals surface area (Å²) < 4.78 is 2.07. The summed E-state index contributed by atoms with van der Waals surface area (Å²) in [5.74, 6) is 0.945. The second-order valence-electron chi connectivity index (χ2n) is 8.13. The maximum Gasteiger partial charge on any atom is 0.225 e. The van der Waals surface area contributed by atoms with Gasteiger partial charge in [0.2, 0.25) is 5.91 Å². The van der Waals surface area contributed by atoms with Crippen LogP contribution in [0.1, 0.15) is 57.9 Å². The minimum atomic E-state index is 0.0571. The average Bonchev–Trinajstić information content (AvgIpc) is 3.11. The van der Waals surface area contributed by atoms with Crippen LogP contribution in [0.4, 0.5) is 5.82 Å². The molecule has 0 aliphatic carbocycles. The Morgan fingerprint density at radius 2 is 1.89 bits per heavy atom. The number of imidazole rings is 1. The lowest BCUT2D eigenvalue weighted by Crippen LogP contribution is -2.31. The van der Waals surface area contributed by atoms with Crippen molar-refractivity contribution in [2.75, 3.05) is 11.4 Å². The van der Waals surface area contributed by atoms with E-state index in [9.17, 15) is 4.79 Å². The molecule has 0 radical (unpaired) electrons. The molecule has 0 spiro atoms. The van der Waals surface area contributed by atoms with Crippen molar-refractivity contribution in [1.29, 1.82) is 0 Å². The molecule has 0 saturated heterocycles. The molecule has 1 amide bonds. The highest BCUT2D eigenvalue weighted by Crippen LogP contribution is 2.36. The number of aromatic nitrogens is 2. The molecular formula is C22H29N3OS. The molecule has 1 aromatic carbocycles. The van der Waals surface area contributed by atoms with Crippen LogP contribution >= 0.6 is 11.3 Å². The monoisotopic (exact) mass is 383 g/mol. The fourth-order valence-corrected chi connectivity index (χ4v) is 4.07. The molecule has 0 N–H and O–H groups in total. The molecule has 3 aromatic rings. The Morgan fingerprint density at radius 3 is 2.44 bits per heavy atom. The van der Waals surface area contributed by atoms with Crippen molar-refractivity contribution in [1.82, 2.24) is 9.38 Å². The maximum absolute atomic E-state index is 12.5. The number of thiazole rings is 1. The van der Waals surface area contributed by atoms with E-state index in [1.54, 1.807) is 18.3 Å². The van der Waals surface area contributed by atoms with Crippen LogP contribution in [-0.4, -0.2) is 21.8 Å². The molecule has 3 rings (SSSR count). The average molecular weight is 384 g/mol. The predicted molar refractivity (Wildman–Crippen MR) is 115 cm³/mol. The first-order valence-corrected chi connectivity index (χ1v) is 10.4. The minimum absolute atomic E-state index is 0.0571. The molecule has 5 heteroatoms. The lowest BCUT2D eigenvalue weighted by molar-refractivity contribution is -0.116. The summed E-state index contributed by atoms with van der Waals surface area (Å²) in [6.45, 7) is 13.2. The standard InChI is InChI=1S/C22H29N3OS/c1-7-8-13-24(16(3)26)20-19(23-21-25(20)14-15(2)27-21)17-9-11-18(12-10-17)22(4,5)6/h9-12,14H,7-8,13H2,1-6H3. The Hall–Kier alpha value is -2.14. The lowest BCUT2D eigenvalue weighted by Gasteiger charge is -2.22. The van der Waals surface area contributed by atoms with Crippen molar-refractivity contribution >= 4 is 28.0 Å². The summed E-state index contributed by atoms with van der Waals surface area (Å²) in [5, 5.41) is 0. The van der Waals surface area contributed by atoms with Gasteiger partial charge in [0.05, 0.1) is 0 Å². The summed E-state index contributed by atoms with van der Waals surface area (Å²) in [5.41, 5.74) is 3.33. The number of benzene rings is 1. The number of amides is 1. The number of anilines is 1. The fourth-order valence-electron chi connectivity index (χ4n) is 3.25. The largest absolute Gasteiger partial charge is 0.296 e. The molecular weight excluding hydrogens is 354 g/mol. The zero-order valence-electron chi connectivity index (χ0n) is 17.2. The van der Waals surface area contributed by atoms with Crippen LogP contribution in [0.15, 0.2) is 30.5 Å². The van der Waals surface area contributed by atoms with Gasteiger partial charge >= 0.3 is 0 Å². The third-order valence-corrected chi connectivity index (χ3v) is 5.71. The molecule has 0 aliphatic heterocycles. The van der Waals surface area contributed by atoms with Gasteiger partial charge in [0.15, 0.2) is 4.96 Å². The van der Waals surface area contributed by atoms with Gasteiger partial charge in [-0.05, 0) is 24.3 Å². The Morgan fingerprint density at radius 1 is 1.22 bits per heavy atom. The van der Waals surface area contributed by atoms with Crippen LogP contribution < -0.4 is 4.90 Å². The number of carbonyl (C=O) groups excluding carboxylic acids is 1. The maximum atomic E-state index is 12.5. The molecule has 4 nitrogen and oxygen atoms in total. The first kappa shape index (κ1) is 19.6. The van der Waals surface area contributed by atoms with E-state index in [1.165, 1.54) is 10.4 Å². The third-order valence-electron chi connectivity index (χ3n) is 4.81. The Balaban J connectivity index is 2.15. The summed E-state index contributed by atoms with van der Waals surface area (Å²) in [6.07, 6.45) is 4.10. The molecule has 27 heavy (non-hydrogen) atoms. The van der Waals surface area contributed by atoms with Gasteiger partial charge in [-0.2, -0.15) is 0 Å². The van der Waals surface area contributed by atoms with E-state index < -0.39 is 0 Å². The highest BCUT2D eigenvalue weighted by Gasteiger charge is 2.24. The van der Waals surface area contributed by atoms with Gasteiger partial charge < -0.3 is 0 Å². The minimum Gasteiger partial charge on any atom is -0.296 e. The lowest BCUT2D eigenvalue weighted by atomic mass is 9.86. The normalized spacial score (nSPS) is 11.9. The van der Waals surface area contributed by atoms with E-state index in [2.05, 4.69) is 69.5 Å². The van der Waals surface area contributed by atoms with Crippen LogP contribution in [0.2, 0.25) is 0 Å². The third kappa shape index (κ3) is 3.93. The summed E-state index contributed by atoms with van der Waals surface area (Å²) in [6, 6.07) is 8.59. The van der Waals surface area contributed by atoms with Crippen LogP contribution in [-0.2, 0) is 10.2 Å². The molecule has 0 atom stereocenters. The van der Waals surface area contributed by atoms with Gasteiger partial charge in [-0.1, -0.05) is 58.4 Å². The van der Waals surface area contributed by atoms with Gasteiger partial charge in [0, 0.05) is 30.1 Å². The smallest absolute Gasteiger partial charge is 0.225 e. The second-order valence-corrected chi connectivity index (χ2v) is 9.34. The summed E-state index contributed by atoms with van der Waals surface area (Å²) in [4.78, 5) is 21.3. The Labute approximate surface area is 165 Å². The second kappa shape index (κ2) is 7.47. The number of hydrogen-bond donors (Lipinski definition) is 0. The van der Waals surface area contributed by atoms with E-state index in [-0.39, 0.29) is 11.3 Å². The number of hydrogen-bond acceptors (Lipinski definition) is 3. The molecule has 2 heterocycles. The molecule has 0 aliphatic rings. The van der Waals surface area contributed by atoms with Gasteiger partial charge in [0.1, 0.15) is 11.5 Å². The zero-order chi connectivity index (χ0) is 19.8. The molecule has 0 unspecified atom stereocenters. The first-order valence-electron chi connectivity index (χ1n) is 9.60. The van der Waals surface area contributed by atoms with Crippen molar-refractivity contribution in [3.05, 3.63) is 40.9 Å². The molecule has 0 bridgehead atoms. The molecule has 0 saturated carbocycles. The van der Waals surface area contributed by atoms with Crippen molar-refractivity contribution in [3.63, 3.8) is 0 Å². The van der Waals surface area contributed by atoms with Crippen molar-refractivity contribution in [2.45, 2.75) is 59.8 Å². The van der Waals surface area contributed by atoms with Gasteiger partial charge in [-0.3, -0.25) is 14.1 Å². The van der Waals surface area contributed by atoms with Crippen molar-refractivity contribution in [3.8, 4) is 11.3 Å². The predicted octanol–water partition coefficient (Wildman–Crippen LogP) is 5.82. The topological polar surface area (TPSA) is 37.6 Å². The van der Waals surface area contributed by atoms with Crippen molar-refractivity contribution in [2.24, 2.45) is 0 Å². The van der Waals surface area contributed by atoms with E-state index in [1.807, 2.05) is 4.90 Å². The molecule has 2 aromatic heterocycles. The first-order chi connectivity index (χ1) is 12.7. The number of unbranched alkanes of at least 4 members (excludes halogenated alkanes) is 1. The Bertz CT molecular complexity index is 944. The van der Waals surface area contributed by atoms with Crippen LogP contribution in [0, 0.1) is 6.92 Å². The number of carbonyl (C=O) groups is 1. The molecule has 0 fully saturated rings. The number of nitrogens with zero attached hydrogens (tertiary/aromatic N) is 3. The van der Waals surface area contributed by atoms with E-state index >= 15 is 0 Å². The summed E-state index contributed by atoms with van der Waals surface area (Å²) in [7, 11) is 0. The van der Waals surface area contributed by atoms with Crippen LogP contribution in [0.5, 0.6) is 0 Å². The summed E-state index contributed by atoms with van der Waals surface area (Å²) >= 11 is 1.66.